The van der Waals surface area contributed by atoms with Crippen molar-refractivity contribution in [1.82, 2.24) is 9.97 Å². The van der Waals surface area contributed by atoms with Crippen LogP contribution in [0.5, 0.6) is 0 Å². The van der Waals surface area contributed by atoms with E-state index < -0.39 is 0 Å². The first-order chi connectivity index (χ1) is 14.3. The van der Waals surface area contributed by atoms with Crippen molar-refractivity contribution in [3.63, 3.8) is 0 Å². The van der Waals surface area contributed by atoms with Gasteiger partial charge in [-0.05, 0) is 51.9 Å². The highest BCUT2D eigenvalue weighted by Gasteiger charge is 2.08. The number of oxazole rings is 1. The maximum absolute atomic E-state index is 5.44. The van der Waals surface area contributed by atoms with Gasteiger partial charge in [-0.1, -0.05) is 60.7 Å². The second-order valence-corrected chi connectivity index (χ2v) is 7.17. The molecule has 4 aromatic carbocycles. The Bertz CT molecular complexity index is 1510. The lowest BCUT2D eigenvalue weighted by molar-refractivity contribution is 0.602. The van der Waals surface area contributed by atoms with Crippen molar-refractivity contribution in [3.05, 3.63) is 97.4 Å². The van der Waals surface area contributed by atoms with Gasteiger partial charge in [-0.15, -0.1) is 0 Å². The number of nitrogens with zero attached hydrogens (tertiary/aromatic N) is 2. The Balaban J connectivity index is 1.47. The lowest BCUT2D eigenvalue weighted by Gasteiger charge is -2.08. The molecule has 2 aromatic heterocycles. The third-order valence-electron chi connectivity index (χ3n) is 5.42. The van der Waals surface area contributed by atoms with Crippen molar-refractivity contribution in [2.24, 2.45) is 0 Å². The molecule has 0 radical (unpaired) electrons. The van der Waals surface area contributed by atoms with Crippen LogP contribution in [0.4, 0.5) is 0 Å². The fraction of sp³-hybridized carbons (Fsp3) is 0. The largest absolute Gasteiger partial charge is 0.443 e. The van der Waals surface area contributed by atoms with Crippen molar-refractivity contribution >= 4 is 32.6 Å². The number of hydrogen-bond donors (Lipinski definition) is 0. The van der Waals surface area contributed by atoms with E-state index in [1.807, 2.05) is 30.3 Å². The maximum atomic E-state index is 5.44. The minimum atomic E-state index is 0.771. The lowest BCUT2D eigenvalue weighted by Crippen LogP contribution is -1.88. The predicted octanol–water partition coefficient (Wildman–Crippen LogP) is 6.86. The zero-order chi connectivity index (χ0) is 19.2. The Labute approximate surface area is 167 Å². The SMILES string of the molecule is c1cc(-c2ccc3c(ccc4ccccc43)c2)nc(-c2ccc3ncoc3c2)c1. The molecule has 3 heteroatoms. The topological polar surface area (TPSA) is 38.9 Å². The van der Waals surface area contributed by atoms with Crippen LogP contribution in [0.25, 0.3) is 55.2 Å². The summed E-state index contributed by atoms with van der Waals surface area (Å²) in [6, 6.07) is 31.5. The second kappa shape index (κ2) is 6.28. The molecule has 0 saturated carbocycles. The van der Waals surface area contributed by atoms with E-state index in [4.69, 9.17) is 9.40 Å². The Morgan fingerprint density at radius 3 is 2.28 bits per heavy atom. The van der Waals surface area contributed by atoms with Gasteiger partial charge in [0, 0.05) is 11.1 Å². The third kappa shape index (κ3) is 2.67. The Morgan fingerprint density at radius 1 is 0.586 bits per heavy atom. The number of benzene rings is 4. The molecule has 136 valence electrons. The molecule has 0 spiro atoms. The van der Waals surface area contributed by atoms with Crippen LogP contribution in [-0.4, -0.2) is 9.97 Å². The first-order valence-corrected chi connectivity index (χ1v) is 9.58. The number of hydrogen-bond acceptors (Lipinski definition) is 3. The molecule has 0 aliphatic heterocycles. The van der Waals surface area contributed by atoms with Crippen LogP contribution < -0.4 is 0 Å². The van der Waals surface area contributed by atoms with E-state index in [0.29, 0.717) is 0 Å². The van der Waals surface area contributed by atoms with E-state index in [9.17, 15) is 0 Å². The van der Waals surface area contributed by atoms with Gasteiger partial charge in [0.2, 0.25) is 0 Å². The van der Waals surface area contributed by atoms with Gasteiger partial charge >= 0.3 is 0 Å². The molecule has 0 fully saturated rings. The molecule has 0 amide bonds. The zero-order valence-electron chi connectivity index (χ0n) is 15.5. The molecule has 0 saturated heterocycles. The van der Waals surface area contributed by atoms with Gasteiger partial charge in [0.25, 0.3) is 0 Å². The molecular weight excluding hydrogens is 356 g/mol. The number of fused-ring (bicyclic) bond motifs is 4. The van der Waals surface area contributed by atoms with Gasteiger partial charge in [0.15, 0.2) is 12.0 Å². The summed E-state index contributed by atoms with van der Waals surface area (Å²) in [5, 5.41) is 5.02. The molecule has 0 aliphatic carbocycles. The van der Waals surface area contributed by atoms with Crippen LogP contribution >= 0.6 is 0 Å². The van der Waals surface area contributed by atoms with Gasteiger partial charge in [0.05, 0.1) is 11.4 Å². The summed E-state index contributed by atoms with van der Waals surface area (Å²) in [4.78, 5) is 9.09. The van der Waals surface area contributed by atoms with E-state index in [0.717, 1.165) is 33.6 Å². The van der Waals surface area contributed by atoms with Crippen LogP contribution in [0.1, 0.15) is 0 Å². The van der Waals surface area contributed by atoms with E-state index >= 15 is 0 Å². The fourth-order valence-corrected chi connectivity index (χ4v) is 3.94. The fourth-order valence-electron chi connectivity index (χ4n) is 3.94. The van der Waals surface area contributed by atoms with Crippen molar-refractivity contribution < 1.29 is 4.42 Å². The molecule has 3 nitrogen and oxygen atoms in total. The number of aromatic nitrogens is 2. The van der Waals surface area contributed by atoms with E-state index in [2.05, 4.69) is 65.6 Å². The lowest BCUT2D eigenvalue weighted by atomic mass is 9.99. The van der Waals surface area contributed by atoms with Gasteiger partial charge in [-0.2, -0.15) is 0 Å². The normalized spacial score (nSPS) is 11.4. The smallest absolute Gasteiger partial charge is 0.181 e. The average molecular weight is 372 g/mol. The van der Waals surface area contributed by atoms with Crippen LogP contribution in [0.3, 0.4) is 0 Å². The Kier molecular flexibility index (Phi) is 3.47. The van der Waals surface area contributed by atoms with Gasteiger partial charge < -0.3 is 4.42 Å². The summed E-state index contributed by atoms with van der Waals surface area (Å²) in [6.45, 7) is 0. The first kappa shape index (κ1) is 16.0. The first-order valence-electron chi connectivity index (χ1n) is 9.58. The summed E-state index contributed by atoms with van der Waals surface area (Å²) in [6.07, 6.45) is 1.47. The molecule has 0 unspecified atom stereocenters. The summed E-state index contributed by atoms with van der Waals surface area (Å²) < 4.78 is 5.44. The van der Waals surface area contributed by atoms with Crippen LogP contribution in [0, 0.1) is 0 Å². The molecular formula is C26H16N2O. The highest BCUT2D eigenvalue weighted by Crippen LogP contribution is 2.30. The monoisotopic (exact) mass is 372 g/mol. The van der Waals surface area contributed by atoms with Gasteiger partial charge in [-0.25, -0.2) is 9.97 Å². The molecule has 0 aliphatic rings. The second-order valence-electron chi connectivity index (χ2n) is 7.17. The summed E-state index contributed by atoms with van der Waals surface area (Å²) in [5.74, 6) is 0. The molecule has 6 rings (SSSR count). The van der Waals surface area contributed by atoms with E-state index in [-0.39, 0.29) is 0 Å². The van der Waals surface area contributed by atoms with Crippen molar-refractivity contribution in [3.8, 4) is 22.5 Å². The highest BCUT2D eigenvalue weighted by molar-refractivity contribution is 6.08. The van der Waals surface area contributed by atoms with E-state index in [1.165, 1.54) is 27.9 Å². The molecule has 6 aromatic rings. The van der Waals surface area contributed by atoms with Gasteiger partial charge in [0.1, 0.15) is 5.52 Å². The highest BCUT2D eigenvalue weighted by atomic mass is 16.3. The van der Waals surface area contributed by atoms with Crippen LogP contribution in [-0.2, 0) is 0 Å². The number of pyridine rings is 1. The Morgan fingerprint density at radius 2 is 1.34 bits per heavy atom. The number of rotatable bonds is 2. The molecule has 0 bridgehead atoms. The van der Waals surface area contributed by atoms with E-state index in [1.54, 1.807) is 0 Å². The van der Waals surface area contributed by atoms with Gasteiger partial charge in [-0.3, -0.25) is 0 Å². The minimum Gasteiger partial charge on any atom is -0.443 e. The predicted molar refractivity (Wildman–Crippen MR) is 118 cm³/mol. The molecule has 2 heterocycles. The van der Waals surface area contributed by atoms with Crippen molar-refractivity contribution in [1.29, 1.82) is 0 Å². The Hall–Kier alpha value is -3.98. The zero-order valence-corrected chi connectivity index (χ0v) is 15.5. The van der Waals surface area contributed by atoms with Crippen LogP contribution in [0.2, 0.25) is 0 Å². The standard InChI is InChI=1S/C26H16N2O/c1-2-5-21-17(4-1)8-9-18-14-19(10-12-22(18)21)23-6-3-7-24(28-23)20-11-13-25-26(15-20)29-16-27-25/h1-16H. The average Bonchev–Trinajstić information content (AvgIpc) is 3.27. The quantitative estimate of drug-likeness (QED) is 0.312. The summed E-state index contributed by atoms with van der Waals surface area (Å²) >= 11 is 0. The third-order valence-corrected chi connectivity index (χ3v) is 5.42. The molecule has 0 atom stereocenters. The maximum Gasteiger partial charge on any atom is 0.181 e. The molecule has 0 N–H and O–H groups in total. The minimum absolute atomic E-state index is 0.771. The van der Waals surface area contributed by atoms with Crippen molar-refractivity contribution in [2.45, 2.75) is 0 Å². The van der Waals surface area contributed by atoms with Crippen LogP contribution in [0.15, 0.2) is 102 Å². The summed E-state index contributed by atoms with van der Waals surface area (Å²) in [7, 11) is 0. The van der Waals surface area contributed by atoms with Crippen molar-refractivity contribution in [2.75, 3.05) is 0 Å². The summed E-state index contributed by atoms with van der Waals surface area (Å²) in [5.41, 5.74) is 5.62. The molecule has 29 heavy (non-hydrogen) atoms.